The highest BCUT2D eigenvalue weighted by atomic mass is 17.0. The van der Waals surface area contributed by atoms with Gasteiger partial charge in [-0.25, -0.2) is 0 Å². The number of hydrogen-bond acceptors (Lipinski definition) is 3. The molecule has 0 aromatic rings. The summed E-state index contributed by atoms with van der Waals surface area (Å²) < 4.78 is 0. The summed E-state index contributed by atoms with van der Waals surface area (Å²) in [6, 6.07) is 0. The highest BCUT2D eigenvalue weighted by molar-refractivity contribution is 4.83. The van der Waals surface area contributed by atoms with Crippen molar-refractivity contribution in [3.8, 4) is 0 Å². The number of nitrogens with zero attached hydrogens (tertiary/aromatic N) is 1. The lowest BCUT2D eigenvalue weighted by atomic mass is 9.74. The Balaban J connectivity index is 4.68. The minimum atomic E-state index is -0.707. The molecule has 0 aromatic heterocycles. The SMILES string of the molecule is CC(C)(C)C(O[N+](=O)[O-])C(C)(C)C. The zero-order valence-electron chi connectivity index (χ0n) is 9.25. The molecule has 0 heterocycles. The lowest BCUT2D eigenvalue weighted by Gasteiger charge is -2.38. The second kappa shape index (κ2) is 3.52. The molecule has 0 fully saturated rings. The lowest BCUT2D eigenvalue weighted by Crippen LogP contribution is -2.41. The smallest absolute Gasteiger partial charge is 0.294 e. The molecule has 0 aromatic carbocycles. The minimum Gasteiger partial charge on any atom is -0.309 e. The molecule has 0 amide bonds. The van der Waals surface area contributed by atoms with Gasteiger partial charge in [-0.05, 0) is 10.8 Å². The van der Waals surface area contributed by atoms with Gasteiger partial charge in [-0.1, -0.05) is 41.5 Å². The molecule has 4 heteroatoms. The van der Waals surface area contributed by atoms with E-state index in [9.17, 15) is 10.1 Å². The van der Waals surface area contributed by atoms with E-state index in [1.165, 1.54) is 0 Å². The molecule has 13 heavy (non-hydrogen) atoms. The number of rotatable bonds is 2. The molecule has 0 saturated carbocycles. The Bertz CT molecular complexity index is 174. The van der Waals surface area contributed by atoms with Crippen LogP contribution in [0.1, 0.15) is 41.5 Å². The first-order chi connectivity index (χ1) is 5.55. The van der Waals surface area contributed by atoms with Crippen LogP contribution in [0.3, 0.4) is 0 Å². The molecule has 0 rings (SSSR count). The first-order valence-corrected chi connectivity index (χ1v) is 4.36. The second-order valence-corrected chi connectivity index (χ2v) is 5.44. The van der Waals surface area contributed by atoms with Gasteiger partial charge in [0, 0.05) is 0 Å². The molecule has 4 nitrogen and oxygen atoms in total. The van der Waals surface area contributed by atoms with E-state index in [0.717, 1.165) is 0 Å². The van der Waals surface area contributed by atoms with Crippen molar-refractivity contribution in [2.75, 3.05) is 0 Å². The summed E-state index contributed by atoms with van der Waals surface area (Å²) in [6.45, 7) is 11.6. The maximum Gasteiger partial charge on any atom is 0.294 e. The summed E-state index contributed by atoms with van der Waals surface area (Å²) in [7, 11) is 0. The molecule has 0 atom stereocenters. The van der Waals surface area contributed by atoms with E-state index >= 15 is 0 Å². The van der Waals surface area contributed by atoms with Gasteiger partial charge >= 0.3 is 0 Å². The van der Waals surface area contributed by atoms with Crippen LogP contribution in [0.15, 0.2) is 0 Å². The average Bonchev–Trinajstić information content (AvgIpc) is 1.77. The van der Waals surface area contributed by atoms with Gasteiger partial charge in [0.1, 0.15) is 6.10 Å². The van der Waals surface area contributed by atoms with Gasteiger partial charge < -0.3 is 4.84 Å². The monoisotopic (exact) mass is 189 g/mol. The molecule has 0 saturated heterocycles. The van der Waals surface area contributed by atoms with Gasteiger partial charge in [-0.2, -0.15) is 0 Å². The third-order valence-electron chi connectivity index (χ3n) is 1.76. The van der Waals surface area contributed by atoms with Crippen LogP contribution in [-0.2, 0) is 4.84 Å². The Hall–Kier alpha value is -0.800. The largest absolute Gasteiger partial charge is 0.309 e. The average molecular weight is 189 g/mol. The highest BCUT2D eigenvalue weighted by Crippen LogP contribution is 2.35. The summed E-state index contributed by atoms with van der Waals surface area (Å²) in [5, 5.41) is 9.58. The van der Waals surface area contributed by atoms with Gasteiger partial charge in [-0.15, -0.1) is 10.1 Å². The summed E-state index contributed by atoms with van der Waals surface area (Å²) >= 11 is 0. The Kier molecular flexibility index (Phi) is 3.30. The second-order valence-electron chi connectivity index (χ2n) is 5.44. The van der Waals surface area contributed by atoms with Crippen LogP contribution in [0, 0.1) is 20.9 Å². The van der Waals surface area contributed by atoms with Gasteiger partial charge in [-0.3, -0.25) is 0 Å². The van der Waals surface area contributed by atoms with Crippen molar-refractivity contribution in [1.82, 2.24) is 0 Å². The summed E-state index contributed by atoms with van der Waals surface area (Å²) in [6.07, 6.45) is -0.394. The van der Waals surface area contributed by atoms with Crippen LogP contribution >= 0.6 is 0 Å². The summed E-state index contributed by atoms with van der Waals surface area (Å²) in [5.74, 6) is 0. The van der Waals surface area contributed by atoms with E-state index < -0.39 is 11.2 Å². The number of hydrogen-bond donors (Lipinski definition) is 0. The lowest BCUT2D eigenvalue weighted by molar-refractivity contribution is -0.776. The standard InChI is InChI=1S/C9H19NO3/c1-8(2,3)7(9(4,5)6)13-10(11)12/h7H,1-6H3. The van der Waals surface area contributed by atoms with Crippen molar-refractivity contribution < 1.29 is 9.92 Å². The third kappa shape index (κ3) is 4.10. The Morgan fingerprint density at radius 1 is 1.08 bits per heavy atom. The predicted octanol–water partition coefficient (Wildman–Crippen LogP) is 2.66. The van der Waals surface area contributed by atoms with Crippen LogP contribution in [-0.4, -0.2) is 11.2 Å². The molecule has 78 valence electrons. The van der Waals surface area contributed by atoms with Crippen LogP contribution < -0.4 is 0 Å². The summed E-state index contributed by atoms with van der Waals surface area (Å²) in [5.41, 5.74) is -0.462. The van der Waals surface area contributed by atoms with Gasteiger partial charge in [0.2, 0.25) is 0 Å². The topological polar surface area (TPSA) is 52.4 Å². The molecular formula is C9H19NO3. The van der Waals surface area contributed by atoms with E-state index in [1.54, 1.807) is 0 Å². The van der Waals surface area contributed by atoms with E-state index in [0.29, 0.717) is 0 Å². The van der Waals surface area contributed by atoms with E-state index in [1.807, 2.05) is 41.5 Å². The predicted molar refractivity (Wildman–Crippen MR) is 50.8 cm³/mol. The van der Waals surface area contributed by atoms with Gasteiger partial charge in [0.15, 0.2) is 0 Å². The quantitative estimate of drug-likeness (QED) is 0.495. The molecular weight excluding hydrogens is 170 g/mol. The molecule has 0 unspecified atom stereocenters. The molecule has 0 spiro atoms. The Morgan fingerprint density at radius 3 is 1.46 bits per heavy atom. The van der Waals surface area contributed by atoms with Crippen LogP contribution in [0.25, 0.3) is 0 Å². The van der Waals surface area contributed by atoms with Crippen LogP contribution in [0.4, 0.5) is 0 Å². The van der Waals surface area contributed by atoms with E-state index in [-0.39, 0.29) is 10.8 Å². The molecule has 0 aliphatic heterocycles. The maximum absolute atomic E-state index is 10.3. The zero-order valence-corrected chi connectivity index (χ0v) is 9.25. The Labute approximate surface area is 79.4 Å². The molecule has 0 aliphatic rings. The Morgan fingerprint density at radius 2 is 1.38 bits per heavy atom. The normalized spacial score (nSPS) is 13.2. The molecule has 0 N–H and O–H groups in total. The first kappa shape index (κ1) is 12.2. The third-order valence-corrected chi connectivity index (χ3v) is 1.76. The minimum absolute atomic E-state index is 0.231. The van der Waals surface area contributed by atoms with E-state index in [4.69, 9.17) is 4.84 Å². The van der Waals surface area contributed by atoms with Crippen LogP contribution in [0.5, 0.6) is 0 Å². The van der Waals surface area contributed by atoms with Gasteiger partial charge in [0.25, 0.3) is 5.09 Å². The van der Waals surface area contributed by atoms with Crippen molar-refractivity contribution in [3.05, 3.63) is 10.1 Å². The summed E-state index contributed by atoms with van der Waals surface area (Å²) in [4.78, 5) is 15.0. The maximum atomic E-state index is 10.3. The highest BCUT2D eigenvalue weighted by Gasteiger charge is 2.37. The fraction of sp³-hybridized carbons (Fsp3) is 1.00. The van der Waals surface area contributed by atoms with Crippen molar-refractivity contribution in [2.45, 2.75) is 47.6 Å². The molecule has 0 bridgehead atoms. The fourth-order valence-corrected chi connectivity index (χ4v) is 1.70. The van der Waals surface area contributed by atoms with Crippen molar-refractivity contribution in [2.24, 2.45) is 10.8 Å². The van der Waals surface area contributed by atoms with Crippen molar-refractivity contribution >= 4 is 0 Å². The van der Waals surface area contributed by atoms with Crippen molar-refractivity contribution in [3.63, 3.8) is 0 Å². The van der Waals surface area contributed by atoms with Crippen LogP contribution in [0.2, 0.25) is 0 Å². The molecule has 0 radical (unpaired) electrons. The fourth-order valence-electron chi connectivity index (χ4n) is 1.70. The van der Waals surface area contributed by atoms with Crippen molar-refractivity contribution in [1.29, 1.82) is 0 Å². The van der Waals surface area contributed by atoms with Gasteiger partial charge in [0.05, 0.1) is 0 Å². The molecule has 0 aliphatic carbocycles. The first-order valence-electron chi connectivity index (χ1n) is 4.36. The van der Waals surface area contributed by atoms with E-state index in [2.05, 4.69) is 0 Å². The zero-order chi connectivity index (χ0) is 10.9.